The molecule has 0 amide bonds. The van der Waals surface area contributed by atoms with E-state index in [2.05, 4.69) is 48.5 Å². The predicted octanol–water partition coefficient (Wildman–Crippen LogP) is 6.69. The summed E-state index contributed by atoms with van der Waals surface area (Å²) in [5.74, 6) is 4.26. The third-order valence-corrected chi connectivity index (χ3v) is 11.6. The van der Waals surface area contributed by atoms with E-state index in [1.165, 1.54) is 44.9 Å². The highest BCUT2D eigenvalue weighted by molar-refractivity contribution is 5.16. The first kappa shape index (κ1) is 19.3. The number of hydrogen-bond acceptors (Lipinski definition) is 1. The molecule has 0 saturated heterocycles. The van der Waals surface area contributed by atoms with Crippen LogP contribution in [-0.2, 0) is 0 Å². The summed E-state index contributed by atoms with van der Waals surface area (Å²) in [7, 11) is 0. The van der Waals surface area contributed by atoms with E-state index >= 15 is 0 Å². The van der Waals surface area contributed by atoms with Gasteiger partial charge in [0.15, 0.2) is 0 Å². The molecule has 26 heavy (non-hydrogen) atoms. The number of rotatable bonds is 0. The minimum Gasteiger partial charge on any atom is -0.393 e. The van der Waals surface area contributed by atoms with Crippen molar-refractivity contribution in [3.8, 4) is 0 Å². The average Bonchev–Trinajstić information content (AvgIpc) is 2.56. The van der Waals surface area contributed by atoms with Gasteiger partial charge < -0.3 is 5.11 Å². The van der Waals surface area contributed by atoms with E-state index in [9.17, 15) is 5.11 Å². The van der Waals surface area contributed by atoms with Crippen molar-refractivity contribution in [3.05, 3.63) is 0 Å². The van der Waals surface area contributed by atoms with Crippen molar-refractivity contribution in [2.45, 2.75) is 106 Å². The zero-order chi connectivity index (χ0) is 19.1. The predicted molar refractivity (Wildman–Crippen MR) is 110 cm³/mol. The summed E-state index contributed by atoms with van der Waals surface area (Å²) in [6.45, 7) is 17.8. The van der Waals surface area contributed by atoms with Crippen molar-refractivity contribution in [3.63, 3.8) is 0 Å². The summed E-state index contributed by atoms with van der Waals surface area (Å²) in [4.78, 5) is 0. The third-order valence-electron chi connectivity index (χ3n) is 11.6. The molecule has 0 aromatic carbocycles. The Kier molecular flexibility index (Phi) is 4.26. The molecule has 1 nitrogen and oxygen atoms in total. The number of aliphatic hydroxyl groups excluding tert-OH is 1. The van der Waals surface area contributed by atoms with Gasteiger partial charge in [-0.2, -0.15) is 0 Å². The summed E-state index contributed by atoms with van der Waals surface area (Å²) < 4.78 is 0. The molecular weight excluding hydrogens is 316 g/mol. The van der Waals surface area contributed by atoms with Gasteiger partial charge in [0.2, 0.25) is 0 Å². The maximum absolute atomic E-state index is 10.8. The second kappa shape index (κ2) is 5.74. The maximum atomic E-state index is 10.8. The van der Waals surface area contributed by atoms with Gasteiger partial charge >= 0.3 is 0 Å². The van der Waals surface area contributed by atoms with Crippen LogP contribution in [0, 0.1) is 51.2 Å². The Morgan fingerprint density at radius 1 is 0.692 bits per heavy atom. The summed E-state index contributed by atoms with van der Waals surface area (Å²) in [6.07, 6.45) is 10.6. The van der Waals surface area contributed by atoms with Crippen molar-refractivity contribution in [1.82, 2.24) is 0 Å². The lowest BCUT2D eigenvalue weighted by Crippen LogP contribution is -2.65. The fourth-order valence-electron chi connectivity index (χ4n) is 9.46. The lowest BCUT2D eigenvalue weighted by Gasteiger charge is -2.72. The maximum Gasteiger partial charge on any atom is 0.0594 e. The van der Waals surface area contributed by atoms with Crippen molar-refractivity contribution in [2.24, 2.45) is 51.2 Å². The Morgan fingerprint density at radius 2 is 1.35 bits per heavy atom. The minimum absolute atomic E-state index is 0.0838. The van der Waals surface area contributed by atoms with Gasteiger partial charge in [-0.1, -0.05) is 48.5 Å². The number of aliphatic hydroxyl groups is 1. The highest BCUT2D eigenvalue weighted by Gasteiger charge is 2.67. The zero-order valence-corrected chi connectivity index (χ0v) is 18.6. The summed E-state index contributed by atoms with van der Waals surface area (Å²) in [5, 5.41) is 10.8. The van der Waals surface area contributed by atoms with Crippen molar-refractivity contribution >= 4 is 0 Å². The molecule has 0 bridgehead atoms. The molecule has 9 atom stereocenters. The van der Waals surface area contributed by atoms with Gasteiger partial charge in [-0.15, -0.1) is 0 Å². The SMILES string of the molecule is CC1CC[C@]2(C)[C@H](CC[C@@H]3[C@@]4(C)CC[C@H](O)C(C)(C)[C@@H]4CC[C@]32C)C1C. The van der Waals surface area contributed by atoms with Crippen molar-refractivity contribution in [2.75, 3.05) is 0 Å². The standard InChI is InChI=1S/C25H44O/c1-16-10-14-24(6)18(17(16)2)8-9-20-23(5)13-12-21(26)22(3,4)19(23)11-15-25(20,24)7/h16-21,26H,8-15H2,1-7H3/t16?,17?,18-,19+,20-,21+,23+,24-,25-/m1/s1. The van der Waals surface area contributed by atoms with Gasteiger partial charge in [-0.05, 0) is 103 Å². The van der Waals surface area contributed by atoms with Crippen LogP contribution < -0.4 is 0 Å². The molecule has 1 N–H and O–H groups in total. The Hall–Kier alpha value is -0.0400. The first-order valence-corrected chi connectivity index (χ1v) is 11.7. The molecular formula is C25H44O. The normalized spacial score (nSPS) is 59.1. The van der Waals surface area contributed by atoms with Crippen LogP contribution in [0.4, 0.5) is 0 Å². The monoisotopic (exact) mass is 360 g/mol. The van der Waals surface area contributed by atoms with E-state index in [4.69, 9.17) is 0 Å². The molecule has 0 heterocycles. The second-order valence-corrected chi connectivity index (χ2v) is 12.4. The van der Waals surface area contributed by atoms with Gasteiger partial charge in [-0.3, -0.25) is 0 Å². The lowest BCUT2D eigenvalue weighted by molar-refractivity contribution is -0.239. The molecule has 150 valence electrons. The molecule has 4 saturated carbocycles. The van der Waals surface area contributed by atoms with Gasteiger partial charge in [0.05, 0.1) is 6.10 Å². The van der Waals surface area contributed by atoms with Crippen molar-refractivity contribution < 1.29 is 5.11 Å². The Labute approximate surface area is 162 Å². The molecule has 2 unspecified atom stereocenters. The van der Waals surface area contributed by atoms with Crippen LogP contribution in [0.15, 0.2) is 0 Å². The summed E-state index contributed by atoms with van der Waals surface area (Å²) in [6, 6.07) is 0. The van der Waals surface area contributed by atoms with Gasteiger partial charge in [0.1, 0.15) is 0 Å². The third kappa shape index (κ3) is 2.19. The highest BCUT2D eigenvalue weighted by atomic mass is 16.3. The van der Waals surface area contributed by atoms with E-state index in [0.717, 1.165) is 30.1 Å². The average molecular weight is 361 g/mol. The first-order valence-electron chi connectivity index (χ1n) is 11.7. The molecule has 4 aliphatic carbocycles. The van der Waals surface area contributed by atoms with Gasteiger partial charge in [0.25, 0.3) is 0 Å². The van der Waals surface area contributed by atoms with Crippen molar-refractivity contribution in [1.29, 1.82) is 0 Å². The molecule has 0 radical (unpaired) electrons. The fraction of sp³-hybridized carbons (Fsp3) is 1.00. The molecule has 0 aliphatic heterocycles. The molecule has 0 spiro atoms. The number of hydrogen-bond donors (Lipinski definition) is 1. The summed E-state index contributed by atoms with van der Waals surface area (Å²) in [5.41, 5.74) is 1.53. The van der Waals surface area contributed by atoms with E-state index in [1.807, 2.05) is 0 Å². The molecule has 1 heteroatoms. The molecule has 0 aromatic rings. The quantitative estimate of drug-likeness (QED) is 0.510. The highest BCUT2D eigenvalue weighted by Crippen LogP contribution is 2.74. The van der Waals surface area contributed by atoms with Crippen LogP contribution in [0.3, 0.4) is 0 Å². The Bertz CT molecular complexity index is 567. The first-order chi connectivity index (χ1) is 12.0. The van der Waals surface area contributed by atoms with Crippen LogP contribution in [0.5, 0.6) is 0 Å². The van der Waals surface area contributed by atoms with Crippen LogP contribution in [0.2, 0.25) is 0 Å². The minimum atomic E-state index is -0.104. The van der Waals surface area contributed by atoms with E-state index in [0.29, 0.717) is 22.2 Å². The molecule has 4 fully saturated rings. The summed E-state index contributed by atoms with van der Waals surface area (Å²) >= 11 is 0. The smallest absolute Gasteiger partial charge is 0.0594 e. The Balaban J connectivity index is 1.74. The molecule has 4 rings (SSSR count). The lowest BCUT2D eigenvalue weighted by atomic mass is 9.33. The zero-order valence-electron chi connectivity index (χ0n) is 18.6. The topological polar surface area (TPSA) is 20.2 Å². The Morgan fingerprint density at radius 3 is 2.04 bits per heavy atom. The van der Waals surface area contributed by atoms with Crippen LogP contribution >= 0.6 is 0 Å². The van der Waals surface area contributed by atoms with Crippen LogP contribution in [0.1, 0.15) is 99.8 Å². The van der Waals surface area contributed by atoms with Gasteiger partial charge in [-0.25, -0.2) is 0 Å². The van der Waals surface area contributed by atoms with E-state index in [1.54, 1.807) is 0 Å². The molecule has 4 aliphatic rings. The van der Waals surface area contributed by atoms with E-state index < -0.39 is 0 Å². The largest absolute Gasteiger partial charge is 0.393 e. The van der Waals surface area contributed by atoms with E-state index in [-0.39, 0.29) is 11.5 Å². The fourth-order valence-corrected chi connectivity index (χ4v) is 9.46. The van der Waals surface area contributed by atoms with Crippen LogP contribution in [0.25, 0.3) is 0 Å². The second-order valence-electron chi connectivity index (χ2n) is 12.4. The number of fused-ring (bicyclic) bond motifs is 5. The van der Waals surface area contributed by atoms with Gasteiger partial charge in [0, 0.05) is 0 Å². The molecule has 0 aromatic heterocycles. The van der Waals surface area contributed by atoms with Crippen LogP contribution in [-0.4, -0.2) is 11.2 Å².